The van der Waals surface area contributed by atoms with Gasteiger partial charge in [0.15, 0.2) is 9.84 Å². The van der Waals surface area contributed by atoms with Crippen LogP contribution in [-0.4, -0.2) is 26.1 Å². The van der Waals surface area contributed by atoms with Crippen molar-refractivity contribution < 1.29 is 12.8 Å². The molecule has 0 bridgehead atoms. The summed E-state index contributed by atoms with van der Waals surface area (Å²) in [6.07, 6.45) is 1.15. The van der Waals surface area contributed by atoms with E-state index < -0.39 is 21.8 Å². The lowest BCUT2D eigenvalue weighted by Crippen LogP contribution is -2.17. The highest BCUT2D eigenvalue weighted by molar-refractivity contribution is 7.92. The lowest BCUT2D eigenvalue weighted by Gasteiger charge is -1.99. The van der Waals surface area contributed by atoms with Crippen LogP contribution in [0.3, 0.4) is 0 Å². The molecule has 0 amide bonds. The molecule has 0 aromatic carbocycles. The molecular formula is C5H9FO2S. The van der Waals surface area contributed by atoms with Gasteiger partial charge in [-0.25, -0.2) is 12.8 Å². The Kier molecular flexibility index (Phi) is 1.75. The predicted molar refractivity (Wildman–Crippen MR) is 32.8 cm³/mol. The first-order chi connectivity index (χ1) is 4.17. The zero-order valence-electron chi connectivity index (χ0n) is 5.01. The minimum absolute atomic E-state index is 0.182. The summed E-state index contributed by atoms with van der Waals surface area (Å²) in [4.78, 5) is 0. The van der Waals surface area contributed by atoms with Crippen LogP contribution in [0.2, 0.25) is 0 Å². The Hall–Kier alpha value is -0.120. The largest absolute Gasteiger partial charge is 0.250 e. The van der Waals surface area contributed by atoms with Crippen molar-refractivity contribution in [1.82, 2.24) is 0 Å². The number of hydrogen-bond acceptors (Lipinski definition) is 2. The molecule has 2 nitrogen and oxygen atoms in total. The highest BCUT2D eigenvalue weighted by atomic mass is 32.2. The summed E-state index contributed by atoms with van der Waals surface area (Å²) in [6, 6.07) is 0. The standard InChI is InChI=1S/C5H9FO2S/c6-4-5-2-1-3-9(5,7)8/h5H,1-4H2. The lowest BCUT2D eigenvalue weighted by atomic mass is 10.3. The van der Waals surface area contributed by atoms with E-state index in [1.165, 1.54) is 0 Å². The smallest absolute Gasteiger partial charge is 0.155 e. The molecule has 1 atom stereocenters. The topological polar surface area (TPSA) is 34.1 Å². The maximum atomic E-state index is 11.8. The second-order valence-electron chi connectivity index (χ2n) is 2.29. The summed E-state index contributed by atoms with van der Waals surface area (Å²) in [6.45, 7) is -0.706. The van der Waals surface area contributed by atoms with E-state index >= 15 is 0 Å². The molecule has 1 aliphatic rings. The summed E-state index contributed by atoms with van der Waals surface area (Å²) in [7, 11) is -3.01. The van der Waals surface area contributed by atoms with Gasteiger partial charge in [-0.2, -0.15) is 0 Å². The summed E-state index contributed by atoms with van der Waals surface area (Å²) in [5, 5.41) is -0.683. The van der Waals surface area contributed by atoms with E-state index in [4.69, 9.17) is 0 Å². The Bertz CT molecular complexity index is 185. The van der Waals surface area contributed by atoms with Crippen LogP contribution in [-0.2, 0) is 9.84 Å². The van der Waals surface area contributed by atoms with Gasteiger partial charge >= 0.3 is 0 Å². The van der Waals surface area contributed by atoms with Crippen LogP contribution in [0, 0.1) is 0 Å². The fraction of sp³-hybridized carbons (Fsp3) is 1.00. The Morgan fingerprint density at radius 1 is 1.56 bits per heavy atom. The lowest BCUT2D eigenvalue weighted by molar-refractivity contribution is 0.464. The van der Waals surface area contributed by atoms with Gasteiger partial charge in [0.25, 0.3) is 0 Å². The summed E-state index contributed by atoms with van der Waals surface area (Å²) < 4.78 is 33.3. The zero-order chi connectivity index (χ0) is 6.91. The van der Waals surface area contributed by atoms with Crippen molar-refractivity contribution in [3.8, 4) is 0 Å². The fourth-order valence-electron chi connectivity index (χ4n) is 1.03. The maximum Gasteiger partial charge on any atom is 0.155 e. The molecule has 54 valence electrons. The second-order valence-corrected chi connectivity index (χ2v) is 4.69. The summed E-state index contributed by atoms with van der Waals surface area (Å²) in [5.41, 5.74) is 0. The molecule has 1 fully saturated rings. The van der Waals surface area contributed by atoms with Gasteiger partial charge in [0.1, 0.15) is 6.67 Å². The number of sulfone groups is 1. The van der Waals surface area contributed by atoms with Crippen molar-refractivity contribution in [2.45, 2.75) is 18.1 Å². The van der Waals surface area contributed by atoms with Gasteiger partial charge < -0.3 is 0 Å². The van der Waals surface area contributed by atoms with Crippen molar-refractivity contribution in [1.29, 1.82) is 0 Å². The molecule has 0 spiro atoms. The van der Waals surface area contributed by atoms with Crippen molar-refractivity contribution >= 4 is 9.84 Å². The first-order valence-corrected chi connectivity index (χ1v) is 4.66. The van der Waals surface area contributed by atoms with Crippen molar-refractivity contribution in [2.75, 3.05) is 12.4 Å². The number of alkyl halides is 1. The van der Waals surface area contributed by atoms with Gasteiger partial charge in [0, 0.05) is 0 Å². The molecule has 1 aliphatic heterocycles. The van der Waals surface area contributed by atoms with Crippen LogP contribution in [0.15, 0.2) is 0 Å². The Morgan fingerprint density at radius 2 is 2.22 bits per heavy atom. The zero-order valence-corrected chi connectivity index (χ0v) is 5.82. The molecule has 0 aromatic heterocycles. The van der Waals surface area contributed by atoms with Crippen molar-refractivity contribution in [3.05, 3.63) is 0 Å². The molecule has 1 unspecified atom stereocenters. The van der Waals surface area contributed by atoms with Gasteiger partial charge in [-0.15, -0.1) is 0 Å². The van der Waals surface area contributed by atoms with Crippen molar-refractivity contribution in [3.63, 3.8) is 0 Å². The van der Waals surface area contributed by atoms with Crippen LogP contribution in [0.25, 0.3) is 0 Å². The fourth-order valence-corrected chi connectivity index (χ4v) is 2.65. The first-order valence-electron chi connectivity index (χ1n) is 2.94. The maximum absolute atomic E-state index is 11.8. The van der Waals surface area contributed by atoms with Crippen molar-refractivity contribution in [2.24, 2.45) is 0 Å². The minimum atomic E-state index is -3.01. The molecule has 1 rings (SSSR count). The van der Waals surface area contributed by atoms with Crippen LogP contribution in [0.1, 0.15) is 12.8 Å². The Labute approximate surface area is 54.0 Å². The van der Waals surface area contributed by atoms with Gasteiger partial charge in [0.2, 0.25) is 0 Å². The third-order valence-corrected chi connectivity index (χ3v) is 3.87. The molecular weight excluding hydrogens is 143 g/mol. The molecule has 0 aromatic rings. The molecule has 4 heteroatoms. The van der Waals surface area contributed by atoms with E-state index in [1.54, 1.807) is 0 Å². The van der Waals surface area contributed by atoms with Gasteiger partial charge in [-0.05, 0) is 12.8 Å². The van der Waals surface area contributed by atoms with E-state index in [0.29, 0.717) is 12.8 Å². The molecule has 0 N–H and O–H groups in total. The molecule has 1 saturated heterocycles. The first kappa shape index (κ1) is 6.99. The van der Waals surface area contributed by atoms with Crippen LogP contribution in [0.4, 0.5) is 4.39 Å². The number of halogens is 1. The molecule has 1 heterocycles. The van der Waals surface area contributed by atoms with E-state index in [-0.39, 0.29) is 5.75 Å². The third-order valence-electron chi connectivity index (χ3n) is 1.63. The second kappa shape index (κ2) is 2.25. The molecule has 0 aliphatic carbocycles. The highest BCUT2D eigenvalue weighted by Crippen LogP contribution is 2.19. The quantitative estimate of drug-likeness (QED) is 0.549. The van der Waals surface area contributed by atoms with Gasteiger partial charge in [0.05, 0.1) is 11.0 Å². The Balaban J connectivity index is 2.75. The highest BCUT2D eigenvalue weighted by Gasteiger charge is 2.30. The number of hydrogen-bond donors (Lipinski definition) is 0. The predicted octanol–water partition coefficient (Wildman–Crippen LogP) is 0.533. The third kappa shape index (κ3) is 1.23. The normalized spacial score (nSPS) is 32.8. The van der Waals surface area contributed by atoms with E-state index in [2.05, 4.69) is 0 Å². The minimum Gasteiger partial charge on any atom is -0.250 e. The van der Waals surface area contributed by atoms with E-state index in [0.717, 1.165) is 0 Å². The monoisotopic (exact) mass is 152 g/mol. The summed E-state index contributed by atoms with van der Waals surface area (Å²) in [5.74, 6) is 0.182. The van der Waals surface area contributed by atoms with Crippen LogP contribution in [0.5, 0.6) is 0 Å². The Morgan fingerprint density at radius 3 is 2.44 bits per heavy atom. The van der Waals surface area contributed by atoms with Gasteiger partial charge in [-0.1, -0.05) is 0 Å². The number of rotatable bonds is 1. The molecule has 9 heavy (non-hydrogen) atoms. The van der Waals surface area contributed by atoms with E-state index in [1.807, 2.05) is 0 Å². The van der Waals surface area contributed by atoms with E-state index in [9.17, 15) is 12.8 Å². The van der Waals surface area contributed by atoms with Crippen LogP contribution >= 0.6 is 0 Å². The van der Waals surface area contributed by atoms with Gasteiger partial charge in [-0.3, -0.25) is 0 Å². The average Bonchev–Trinajstić information content (AvgIpc) is 2.08. The SMILES string of the molecule is O=S1(=O)CCCC1CF. The molecule has 0 radical (unpaired) electrons. The van der Waals surface area contributed by atoms with Crippen LogP contribution < -0.4 is 0 Å². The molecule has 0 saturated carbocycles. The average molecular weight is 152 g/mol. The summed E-state index contributed by atoms with van der Waals surface area (Å²) >= 11 is 0.